The second-order valence-electron chi connectivity index (χ2n) is 6.58. The van der Waals surface area contributed by atoms with Crippen molar-refractivity contribution in [3.05, 3.63) is 23.4 Å². The number of hydrogen-bond donors (Lipinski definition) is 2. The van der Waals surface area contributed by atoms with E-state index in [0.717, 1.165) is 62.3 Å². The highest BCUT2D eigenvalue weighted by Gasteiger charge is 2.42. The minimum Gasteiger partial charge on any atom is -0.392 e. The van der Waals surface area contributed by atoms with E-state index < -0.39 is 5.60 Å². The number of aliphatic hydroxyl groups is 2. The fraction of sp³-hybridized carbons (Fsp3) is 0.706. The van der Waals surface area contributed by atoms with Gasteiger partial charge in [0.1, 0.15) is 5.82 Å². The highest BCUT2D eigenvalue weighted by Crippen LogP contribution is 2.40. The van der Waals surface area contributed by atoms with Gasteiger partial charge in [0, 0.05) is 24.7 Å². The smallest absolute Gasteiger partial charge is 0.129 e. The molecule has 3 rings (SSSR count). The normalized spacial score (nSPS) is 29.3. The molecule has 0 bridgehead atoms. The molecule has 1 saturated heterocycles. The number of hydrogen-bond acceptors (Lipinski definition) is 4. The fourth-order valence-corrected chi connectivity index (χ4v) is 3.85. The highest BCUT2D eigenvalue weighted by molar-refractivity contribution is 5.43. The van der Waals surface area contributed by atoms with Gasteiger partial charge in [0.25, 0.3) is 0 Å². The second kappa shape index (κ2) is 5.93. The lowest BCUT2D eigenvalue weighted by molar-refractivity contribution is -0.0613. The Balaban J connectivity index is 1.81. The molecule has 116 valence electrons. The molecule has 0 aromatic carbocycles. The van der Waals surface area contributed by atoms with Crippen molar-refractivity contribution in [1.82, 2.24) is 4.98 Å². The number of piperidine rings is 1. The third-order valence-corrected chi connectivity index (χ3v) is 5.22. The average Bonchev–Trinajstić information content (AvgIpc) is 2.53. The van der Waals surface area contributed by atoms with Crippen LogP contribution in [0, 0.1) is 5.92 Å². The van der Waals surface area contributed by atoms with Crippen LogP contribution in [-0.2, 0) is 13.0 Å². The maximum atomic E-state index is 10.8. The first-order valence-electron chi connectivity index (χ1n) is 8.22. The Morgan fingerprint density at radius 1 is 1.33 bits per heavy atom. The maximum Gasteiger partial charge on any atom is 0.129 e. The molecule has 1 aliphatic heterocycles. The van der Waals surface area contributed by atoms with Crippen LogP contribution in [0.1, 0.15) is 50.3 Å². The van der Waals surface area contributed by atoms with Gasteiger partial charge >= 0.3 is 0 Å². The summed E-state index contributed by atoms with van der Waals surface area (Å²) in [6.45, 7) is 3.90. The molecule has 2 heterocycles. The predicted octanol–water partition coefficient (Wildman–Crippen LogP) is 2.27. The number of fused-ring (bicyclic) bond motifs is 1. The van der Waals surface area contributed by atoms with Gasteiger partial charge in [-0.05, 0) is 43.4 Å². The van der Waals surface area contributed by atoms with Crippen LogP contribution >= 0.6 is 0 Å². The van der Waals surface area contributed by atoms with E-state index in [0.29, 0.717) is 5.92 Å². The van der Waals surface area contributed by atoms with E-state index in [1.54, 1.807) is 0 Å². The number of rotatable bonds is 3. The van der Waals surface area contributed by atoms with Crippen LogP contribution in [0.3, 0.4) is 0 Å². The molecule has 4 nitrogen and oxygen atoms in total. The van der Waals surface area contributed by atoms with Crippen molar-refractivity contribution in [1.29, 1.82) is 0 Å². The summed E-state index contributed by atoms with van der Waals surface area (Å²) in [5, 5.41) is 20.2. The highest BCUT2D eigenvalue weighted by atomic mass is 16.3. The van der Waals surface area contributed by atoms with Gasteiger partial charge in [-0.3, -0.25) is 0 Å². The molecule has 2 fully saturated rings. The van der Waals surface area contributed by atoms with Gasteiger partial charge in [-0.1, -0.05) is 19.8 Å². The first-order chi connectivity index (χ1) is 10.1. The molecule has 1 aromatic rings. The Kier molecular flexibility index (Phi) is 4.18. The van der Waals surface area contributed by atoms with E-state index in [4.69, 9.17) is 4.98 Å². The molecule has 1 saturated carbocycles. The van der Waals surface area contributed by atoms with Crippen molar-refractivity contribution < 1.29 is 10.2 Å². The van der Waals surface area contributed by atoms with Gasteiger partial charge < -0.3 is 15.1 Å². The molecule has 2 atom stereocenters. The van der Waals surface area contributed by atoms with Crippen molar-refractivity contribution >= 4 is 5.82 Å². The van der Waals surface area contributed by atoms with Gasteiger partial charge in [-0.25, -0.2) is 4.98 Å². The zero-order valence-corrected chi connectivity index (χ0v) is 12.9. The van der Waals surface area contributed by atoms with Crippen LogP contribution in [0.15, 0.2) is 12.1 Å². The van der Waals surface area contributed by atoms with Crippen LogP contribution in [0.25, 0.3) is 0 Å². The molecule has 0 amide bonds. The number of anilines is 1. The third kappa shape index (κ3) is 2.92. The number of aromatic nitrogens is 1. The van der Waals surface area contributed by atoms with Crippen molar-refractivity contribution in [3.8, 4) is 0 Å². The molecule has 0 spiro atoms. The Morgan fingerprint density at radius 3 is 2.95 bits per heavy atom. The molecule has 2 N–H and O–H groups in total. The monoisotopic (exact) mass is 290 g/mol. The summed E-state index contributed by atoms with van der Waals surface area (Å²) >= 11 is 0. The Hall–Kier alpha value is -1.13. The minimum absolute atomic E-state index is 0.0593. The van der Waals surface area contributed by atoms with Gasteiger partial charge in [0.2, 0.25) is 0 Å². The van der Waals surface area contributed by atoms with E-state index in [9.17, 15) is 10.2 Å². The minimum atomic E-state index is -0.447. The van der Waals surface area contributed by atoms with E-state index in [-0.39, 0.29) is 6.61 Å². The van der Waals surface area contributed by atoms with E-state index >= 15 is 0 Å². The second-order valence-corrected chi connectivity index (χ2v) is 6.58. The number of aliphatic hydroxyl groups excluding tert-OH is 1. The standard InChI is InChI=1S/C17H26N2O2/c1-2-15-9-13(12-20)10-16(18-15)19-8-7-17(21)6-4-3-5-14(17)11-19/h9-10,14,20-21H,2-8,11-12H2,1H3. The molecule has 1 aromatic heterocycles. The average molecular weight is 290 g/mol. The van der Waals surface area contributed by atoms with Crippen LogP contribution < -0.4 is 4.90 Å². The lowest BCUT2D eigenvalue weighted by atomic mass is 9.71. The summed E-state index contributed by atoms with van der Waals surface area (Å²) < 4.78 is 0. The quantitative estimate of drug-likeness (QED) is 0.896. The van der Waals surface area contributed by atoms with Gasteiger partial charge in [-0.15, -0.1) is 0 Å². The largest absolute Gasteiger partial charge is 0.392 e. The molecule has 4 heteroatoms. The predicted molar refractivity (Wildman–Crippen MR) is 83.3 cm³/mol. The molecule has 1 aliphatic carbocycles. The Morgan fingerprint density at radius 2 is 2.19 bits per heavy atom. The van der Waals surface area contributed by atoms with E-state index in [1.807, 2.05) is 12.1 Å². The van der Waals surface area contributed by atoms with Crippen molar-refractivity contribution in [2.75, 3.05) is 18.0 Å². The zero-order valence-electron chi connectivity index (χ0n) is 12.9. The summed E-state index contributed by atoms with van der Waals surface area (Å²) in [6, 6.07) is 3.97. The Bertz CT molecular complexity index is 483. The number of aryl methyl sites for hydroxylation is 1. The van der Waals surface area contributed by atoms with Gasteiger partial charge in [0.15, 0.2) is 0 Å². The molecule has 21 heavy (non-hydrogen) atoms. The van der Waals surface area contributed by atoms with E-state index in [2.05, 4.69) is 11.8 Å². The molecule has 2 unspecified atom stereocenters. The zero-order chi connectivity index (χ0) is 14.9. The summed E-state index contributed by atoms with van der Waals surface area (Å²) in [4.78, 5) is 7.01. The summed E-state index contributed by atoms with van der Waals surface area (Å²) in [5.74, 6) is 1.33. The SMILES string of the molecule is CCc1cc(CO)cc(N2CCC3(O)CCCCC3C2)n1. The van der Waals surface area contributed by atoms with Crippen molar-refractivity contribution in [2.24, 2.45) is 5.92 Å². The fourth-order valence-electron chi connectivity index (χ4n) is 3.85. The first kappa shape index (κ1) is 14.8. The van der Waals surface area contributed by atoms with E-state index in [1.165, 1.54) is 6.42 Å². The number of pyridine rings is 1. The third-order valence-electron chi connectivity index (χ3n) is 5.22. The first-order valence-corrected chi connectivity index (χ1v) is 8.22. The van der Waals surface area contributed by atoms with Crippen molar-refractivity contribution in [3.63, 3.8) is 0 Å². The summed E-state index contributed by atoms with van der Waals surface area (Å²) in [6.07, 6.45) is 6.17. The molecule has 0 radical (unpaired) electrons. The lowest BCUT2D eigenvalue weighted by Gasteiger charge is -2.47. The van der Waals surface area contributed by atoms with Crippen molar-refractivity contribution in [2.45, 2.75) is 57.7 Å². The van der Waals surface area contributed by atoms with Crippen LogP contribution in [0.2, 0.25) is 0 Å². The topological polar surface area (TPSA) is 56.6 Å². The van der Waals surface area contributed by atoms with Crippen LogP contribution in [0.4, 0.5) is 5.82 Å². The van der Waals surface area contributed by atoms with Gasteiger partial charge in [-0.2, -0.15) is 0 Å². The molecular formula is C17H26N2O2. The van der Waals surface area contributed by atoms with Gasteiger partial charge in [0.05, 0.1) is 12.2 Å². The lowest BCUT2D eigenvalue weighted by Crippen LogP contribution is -2.53. The molecular weight excluding hydrogens is 264 g/mol. The summed E-state index contributed by atoms with van der Waals surface area (Å²) in [5.41, 5.74) is 1.51. The maximum absolute atomic E-state index is 10.8. The Labute approximate surface area is 126 Å². The molecule has 2 aliphatic rings. The van der Waals surface area contributed by atoms with Crippen LogP contribution in [0.5, 0.6) is 0 Å². The summed E-state index contributed by atoms with van der Waals surface area (Å²) in [7, 11) is 0. The number of nitrogens with zero attached hydrogens (tertiary/aromatic N) is 2. The van der Waals surface area contributed by atoms with Crippen LogP contribution in [-0.4, -0.2) is 33.9 Å².